The Morgan fingerprint density at radius 2 is 2.04 bits per heavy atom. The van der Waals surface area contributed by atoms with Crippen LogP contribution >= 0.6 is 0 Å². The SMILES string of the molecule is COCc1cc(-c2nccn2C[C@H](O)C(F)(F)F)ccc1OC. The lowest BCUT2D eigenvalue weighted by Crippen LogP contribution is -2.32. The lowest BCUT2D eigenvalue weighted by atomic mass is 10.1. The van der Waals surface area contributed by atoms with Crippen molar-refractivity contribution in [3.8, 4) is 17.1 Å². The number of alkyl halides is 3. The molecule has 0 aliphatic heterocycles. The number of ether oxygens (including phenoxy) is 2. The first-order valence-corrected chi connectivity index (χ1v) is 6.79. The van der Waals surface area contributed by atoms with Crippen LogP contribution in [0.3, 0.4) is 0 Å². The average Bonchev–Trinajstić information content (AvgIpc) is 2.94. The number of rotatable bonds is 6. The summed E-state index contributed by atoms with van der Waals surface area (Å²) in [5.74, 6) is 0.942. The fourth-order valence-corrected chi connectivity index (χ4v) is 2.19. The molecule has 2 rings (SSSR count). The Balaban J connectivity index is 2.33. The number of imidazole rings is 1. The summed E-state index contributed by atoms with van der Waals surface area (Å²) < 4.78 is 49.1. The van der Waals surface area contributed by atoms with Gasteiger partial charge in [0.05, 0.1) is 20.3 Å². The molecular formula is C15H17F3N2O3. The highest BCUT2D eigenvalue weighted by Gasteiger charge is 2.38. The lowest BCUT2D eigenvalue weighted by molar-refractivity contribution is -0.207. The number of benzene rings is 1. The van der Waals surface area contributed by atoms with Crippen LogP contribution in [0.15, 0.2) is 30.6 Å². The standard InChI is InChI=1S/C15H17F3N2O3/c1-22-9-11-7-10(3-4-12(11)23-2)14-19-5-6-20(14)8-13(21)15(16,17)18/h3-7,13,21H,8-9H2,1-2H3/t13-/m0/s1. The van der Waals surface area contributed by atoms with Gasteiger partial charge in [-0.05, 0) is 18.2 Å². The number of aliphatic hydroxyl groups excluding tert-OH is 1. The molecule has 2 aromatic rings. The summed E-state index contributed by atoms with van der Waals surface area (Å²) in [4.78, 5) is 4.08. The highest BCUT2D eigenvalue weighted by atomic mass is 19.4. The van der Waals surface area contributed by atoms with Gasteiger partial charge in [-0.2, -0.15) is 13.2 Å². The van der Waals surface area contributed by atoms with Crippen molar-refractivity contribution >= 4 is 0 Å². The quantitative estimate of drug-likeness (QED) is 0.885. The molecule has 1 atom stereocenters. The Bertz CT molecular complexity index is 656. The zero-order valence-corrected chi connectivity index (χ0v) is 12.7. The molecule has 1 heterocycles. The minimum absolute atomic E-state index is 0.295. The van der Waals surface area contributed by atoms with E-state index in [9.17, 15) is 18.3 Å². The van der Waals surface area contributed by atoms with E-state index in [4.69, 9.17) is 9.47 Å². The zero-order valence-electron chi connectivity index (χ0n) is 12.7. The third-order valence-corrected chi connectivity index (χ3v) is 3.30. The fraction of sp³-hybridized carbons (Fsp3) is 0.400. The summed E-state index contributed by atoms with van der Waals surface area (Å²) in [7, 11) is 3.06. The number of hydrogen-bond donors (Lipinski definition) is 1. The van der Waals surface area contributed by atoms with E-state index < -0.39 is 18.8 Å². The van der Waals surface area contributed by atoms with Crippen LogP contribution < -0.4 is 4.74 Å². The van der Waals surface area contributed by atoms with E-state index in [2.05, 4.69) is 4.98 Å². The van der Waals surface area contributed by atoms with Gasteiger partial charge < -0.3 is 19.1 Å². The summed E-state index contributed by atoms with van der Waals surface area (Å²) in [5, 5.41) is 9.24. The maximum atomic E-state index is 12.5. The Morgan fingerprint density at radius 1 is 1.30 bits per heavy atom. The Labute approximate surface area is 131 Å². The van der Waals surface area contributed by atoms with E-state index in [1.807, 2.05) is 0 Å². The van der Waals surface area contributed by atoms with Gasteiger partial charge in [0.2, 0.25) is 0 Å². The Hall–Kier alpha value is -2.06. The molecule has 23 heavy (non-hydrogen) atoms. The number of methoxy groups -OCH3 is 2. The van der Waals surface area contributed by atoms with Gasteiger partial charge in [-0.15, -0.1) is 0 Å². The maximum Gasteiger partial charge on any atom is 0.416 e. The monoisotopic (exact) mass is 330 g/mol. The molecule has 8 heteroatoms. The Morgan fingerprint density at radius 3 is 2.65 bits per heavy atom. The highest BCUT2D eigenvalue weighted by molar-refractivity contribution is 5.59. The number of nitrogens with zero attached hydrogens (tertiary/aromatic N) is 2. The number of aromatic nitrogens is 2. The van der Waals surface area contributed by atoms with Crippen molar-refractivity contribution in [1.29, 1.82) is 0 Å². The molecule has 0 aliphatic rings. The van der Waals surface area contributed by atoms with E-state index in [0.717, 1.165) is 5.56 Å². The predicted molar refractivity (Wildman–Crippen MR) is 77.0 cm³/mol. The number of halogens is 3. The molecule has 5 nitrogen and oxygen atoms in total. The third kappa shape index (κ3) is 4.02. The van der Waals surface area contributed by atoms with Crippen molar-refractivity contribution in [3.63, 3.8) is 0 Å². The maximum absolute atomic E-state index is 12.5. The molecule has 126 valence electrons. The minimum Gasteiger partial charge on any atom is -0.496 e. The molecule has 0 unspecified atom stereocenters. The van der Waals surface area contributed by atoms with Gasteiger partial charge in [-0.25, -0.2) is 4.98 Å². The minimum atomic E-state index is -4.68. The molecule has 0 bridgehead atoms. The summed E-state index contributed by atoms with van der Waals surface area (Å²) in [6, 6.07) is 5.13. The third-order valence-electron chi connectivity index (χ3n) is 3.30. The van der Waals surface area contributed by atoms with E-state index in [1.54, 1.807) is 18.2 Å². The molecule has 0 radical (unpaired) electrons. The second kappa shape index (κ2) is 7.01. The molecule has 0 saturated carbocycles. The van der Waals surface area contributed by atoms with E-state index >= 15 is 0 Å². The van der Waals surface area contributed by atoms with E-state index in [1.165, 1.54) is 31.2 Å². The molecule has 0 amide bonds. The molecule has 1 aromatic heterocycles. The Kier molecular flexibility index (Phi) is 5.27. The normalized spacial score (nSPS) is 13.1. The fourth-order valence-electron chi connectivity index (χ4n) is 2.19. The summed E-state index contributed by atoms with van der Waals surface area (Å²) in [6.45, 7) is -0.326. The summed E-state index contributed by atoms with van der Waals surface area (Å²) in [6.07, 6.45) is -4.35. The smallest absolute Gasteiger partial charge is 0.416 e. The zero-order chi connectivity index (χ0) is 17.0. The van der Waals surface area contributed by atoms with Gasteiger partial charge in [0, 0.05) is 30.6 Å². The van der Waals surface area contributed by atoms with Crippen molar-refractivity contribution in [2.45, 2.75) is 25.4 Å². The van der Waals surface area contributed by atoms with Crippen molar-refractivity contribution in [2.24, 2.45) is 0 Å². The average molecular weight is 330 g/mol. The number of aliphatic hydroxyl groups is 1. The molecule has 1 aromatic carbocycles. The summed E-state index contributed by atoms with van der Waals surface area (Å²) in [5.41, 5.74) is 1.36. The first-order valence-electron chi connectivity index (χ1n) is 6.79. The van der Waals surface area contributed by atoms with Crippen molar-refractivity contribution in [1.82, 2.24) is 9.55 Å². The van der Waals surface area contributed by atoms with E-state index in [0.29, 0.717) is 23.7 Å². The molecule has 1 N–H and O–H groups in total. The molecule has 0 saturated heterocycles. The van der Waals surface area contributed by atoms with Crippen molar-refractivity contribution in [3.05, 3.63) is 36.2 Å². The van der Waals surface area contributed by atoms with Crippen LogP contribution in [0, 0.1) is 0 Å². The van der Waals surface area contributed by atoms with Gasteiger partial charge in [-0.1, -0.05) is 0 Å². The van der Waals surface area contributed by atoms with Crippen molar-refractivity contribution in [2.75, 3.05) is 14.2 Å². The highest BCUT2D eigenvalue weighted by Crippen LogP contribution is 2.28. The molecule has 0 spiro atoms. The molecule has 0 fully saturated rings. The van der Waals surface area contributed by atoms with Gasteiger partial charge >= 0.3 is 6.18 Å². The van der Waals surface area contributed by atoms with Gasteiger partial charge in [0.25, 0.3) is 0 Å². The second-order valence-corrected chi connectivity index (χ2v) is 4.92. The second-order valence-electron chi connectivity index (χ2n) is 4.92. The van der Waals surface area contributed by atoms with Gasteiger partial charge in [0.1, 0.15) is 11.6 Å². The topological polar surface area (TPSA) is 56.5 Å². The van der Waals surface area contributed by atoms with Crippen LogP contribution in [-0.4, -0.2) is 41.2 Å². The van der Waals surface area contributed by atoms with E-state index in [-0.39, 0.29) is 0 Å². The predicted octanol–water partition coefficient (Wildman–Crippen LogP) is 2.63. The molecular weight excluding hydrogens is 313 g/mol. The number of hydrogen-bond acceptors (Lipinski definition) is 4. The van der Waals surface area contributed by atoms with Gasteiger partial charge in [0.15, 0.2) is 6.10 Å². The van der Waals surface area contributed by atoms with Crippen LogP contribution in [-0.2, 0) is 17.9 Å². The largest absolute Gasteiger partial charge is 0.496 e. The van der Waals surface area contributed by atoms with Crippen molar-refractivity contribution < 1.29 is 27.8 Å². The first-order chi connectivity index (χ1) is 10.9. The molecule has 0 aliphatic carbocycles. The van der Waals surface area contributed by atoms with Crippen LogP contribution in [0.1, 0.15) is 5.56 Å². The van der Waals surface area contributed by atoms with Crippen LogP contribution in [0.4, 0.5) is 13.2 Å². The first kappa shape index (κ1) is 17.3. The van der Waals surface area contributed by atoms with Crippen LogP contribution in [0.2, 0.25) is 0 Å². The van der Waals surface area contributed by atoms with Gasteiger partial charge in [-0.3, -0.25) is 0 Å². The lowest BCUT2D eigenvalue weighted by Gasteiger charge is -2.17. The van der Waals surface area contributed by atoms with Crippen LogP contribution in [0.5, 0.6) is 5.75 Å². The van der Waals surface area contributed by atoms with Crippen LogP contribution in [0.25, 0.3) is 11.4 Å². The summed E-state index contributed by atoms with van der Waals surface area (Å²) >= 11 is 0.